The Morgan fingerprint density at radius 1 is 1.44 bits per heavy atom. The Hall–Kier alpha value is -1.82. The smallest absolute Gasteiger partial charge is 0.320 e. The van der Waals surface area contributed by atoms with Gasteiger partial charge < -0.3 is 15.0 Å². The van der Waals surface area contributed by atoms with E-state index in [-0.39, 0.29) is 17.4 Å². The molecule has 1 fully saturated rings. The third kappa shape index (κ3) is 2.89. The highest BCUT2D eigenvalue weighted by atomic mass is 16.5. The van der Waals surface area contributed by atoms with Gasteiger partial charge in [-0.2, -0.15) is 0 Å². The number of pyridine rings is 1. The van der Waals surface area contributed by atoms with Crippen molar-refractivity contribution in [3.8, 4) is 0 Å². The molecule has 0 aliphatic carbocycles. The molecule has 0 spiro atoms. The summed E-state index contributed by atoms with van der Waals surface area (Å²) in [6, 6.07) is 1.06. The molecule has 98 valence electrons. The maximum absolute atomic E-state index is 12.0. The molecule has 18 heavy (non-hydrogen) atoms. The van der Waals surface area contributed by atoms with E-state index in [1.165, 1.54) is 13.1 Å². The zero-order valence-electron chi connectivity index (χ0n) is 10.3. The van der Waals surface area contributed by atoms with Gasteiger partial charge in [0.2, 0.25) is 0 Å². The SMILES string of the molecule is CNC(=O)Nc1cc(=O)c(C2CCOCC2)c[nH]1. The van der Waals surface area contributed by atoms with Crippen molar-refractivity contribution in [3.63, 3.8) is 0 Å². The summed E-state index contributed by atoms with van der Waals surface area (Å²) in [5.74, 6) is 0.645. The van der Waals surface area contributed by atoms with Crippen LogP contribution in [0.1, 0.15) is 24.3 Å². The van der Waals surface area contributed by atoms with E-state index >= 15 is 0 Å². The fraction of sp³-hybridized carbons (Fsp3) is 0.500. The van der Waals surface area contributed by atoms with Crippen LogP contribution in [0.4, 0.5) is 10.6 Å². The molecular weight excluding hydrogens is 234 g/mol. The van der Waals surface area contributed by atoms with E-state index in [4.69, 9.17) is 4.74 Å². The molecule has 0 unspecified atom stereocenters. The highest BCUT2D eigenvalue weighted by molar-refractivity contribution is 5.87. The van der Waals surface area contributed by atoms with E-state index in [1.54, 1.807) is 6.20 Å². The van der Waals surface area contributed by atoms with E-state index in [2.05, 4.69) is 15.6 Å². The first-order chi connectivity index (χ1) is 8.70. The molecule has 1 aliphatic heterocycles. The number of nitrogens with one attached hydrogen (secondary N) is 3. The molecule has 1 aliphatic rings. The maximum atomic E-state index is 12.0. The number of rotatable bonds is 2. The Balaban J connectivity index is 2.14. The minimum Gasteiger partial charge on any atom is -0.381 e. The number of urea groups is 1. The first kappa shape index (κ1) is 12.6. The van der Waals surface area contributed by atoms with Gasteiger partial charge in [-0.1, -0.05) is 0 Å². The number of hydrogen-bond acceptors (Lipinski definition) is 3. The molecule has 2 rings (SSSR count). The topological polar surface area (TPSA) is 83.2 Å². The first-order valence-electron chi connectivity index (χ1n) is 6.00. The zero-order valence-corrected chi connectivity index (χ0v) is 10.3. The third-order valence-corrected chi connectivity index (χ3v) is 3.08. The van der Waals surface area contributed by atoms with Gasteiger partial charge in [-0.3, -0.25) is 10.1 Å². The Morgan fingerprint density at radius 2 is 2.17 bits per heavy atom. The third-order valence-electron chi connectivity index (χ3n) is 3.08. The molecule has 3 N–H and O–H groups in total. The van der Waals surface area contributed by atoms with Crippen LogP contribution in [0.15, 0.2) is 17.1 Å². The van der Waals surface area contributed by atoms with E-state index in [0.29, 0.717) is 19.0 Å². The van der Waals surface area contributed by atoms with E-state index in [0.717, 1.165) is 18.4 Å². The van der Waals surface area contributed by atoms with Gasteiger partial charge in [0.15, 0.2) is 5.43 Å². The highest BCUT2D eigenvalue weighted by Gasteiger charge is 2.18. The lowest BCUT2D eigenvalue weighted by molar-refractivity contribution is 0.0851. The van der Waals surface area contributed by atoms with Gasteiger partial charge in [0, 0.05) is 38.1 Å². The number of ether oxygens (including phenoxy) is 1. The summed E-state index contributed by atoms with van der Waals surface area (Å²) in [6.45, 7) is 1.39. The number of carbonyl (C=O) groups excluding carboxylic acids is 1. The lowest BCUT2D eigenvalue weighted by Crippen LogP contribution is -2.26. The number of anilines is 1. The standard InChI is InChI=1S/C12H17N3O3/c1-13-12(17)15-11-6-10(16)9(7-14-11)8-2-4-18-5-3-8/h6-8H,2-5H2,1H3,(H3,13,14,15,16,17). The summed E-state index contributed by atoms with van der Waals surface area (Å²) in [7, 11) is 1.52. The quantitative estimate of drug-likeness (QED) is 0.733. The Morgan fingerprint density at radius 3 is 2.78 bits per heavy atom. The van der Waals surface area contributed by atoms with E-state index in [9.17, 15) is 9.59 Å². The van der Waals surface area contributed by atoms with Crippen LogP contribution in [0.3, 0.4) is 0 Å². The second kappa shape index (κ2) is 5.68. The summed E-state index contributed by atoms with van der Waals surface area (Å²) in [6.07, 6.45) is 3.42. The average molecular weight is 251 g/mol. The Labute approximate surface area is 105 Å². The lowest BCUT2D eigenvalue weighted by Gasteiger charge is -2.21. The highest BCUT2D eigenvalue weighted by Crippen LogP contribution is 2.24. The van der Waals surface area contributed by atoms with Crippen LogP contribution >= 0.6 is 0 Å². The van der Waals surface area contributed by atoms with Crippen molar-refractivity contribution < 1.29 is 9.53 Å². The molecule has 0 atom stereocenters. The van der Waals surface area contributed by atoms with Gasteiger partial charge in [-0.15, -0.1) is 0 Å². The van der Waals surface area contributed by atoms with E-state index in [1.807, 2.05) is 0 Å². The molecule has 1 saturated heterocycles. The molecule has 0 radical (unpaired) electrons. The van der Waals surface area contributed by atoms with Crippen LogP contribution in [0.5, 0.6) is 0 Å². The van der Waals surface area contributed by atoms with Crippen LogP contribution in [0.25, 0.3) is 0 Å². The molecule has 0 aromatic carbocycles. The van der Waals surface area contributed by atoms with Gasteiger partial charge in [-0.25, -0.2) is 4.79 Å². The molecule has 0 saturated carbocycles. The fourth-order valence-corrected chi connectivity index (χ4v) is 2.07. The molecule has 2 amide bonds. The van der Waals surface area contributed by atoms with Crippen molar-refractivity contribution >= 4 is 11.8 Å². The number of H-pyrrole nitrogens is 1. The van der Waals surface area contributed by atoms with E-state index < -0.39 is 0 Å². The molecule has 6 heteroatoms. The number of aromatic amines is 1. The van der Waals surface area contributed by atoms with Crippen molar-refractivity contribution in [2.45, 2.75) is 18.8 Å². The van der Waals surface area contributed by atoms with Crippen molar-refractivity contribution in [2.24, 2.45) is 0 Å². The van der Waals surface area contributed by atoms with Crippen molar-refractivity contribution in [2.75, 3.05) is 25.6 Å². The first-order valence-corrected chi connectivity index (χ1v) is 6.00. The van der Waals surface area contributed by atoms with Crippen molar-refractivity contribution in [1.29, 1.82) is 0 Å². The minimum absolute atomic E-state index is 0.0490. The molecule has 0 bridgehead atoms. The normalized spacial score (nSPS) is 16.3. The summed E-state index contributed by atoms with van der Waals surface area (Å²) < 4.78 is 5.27. The number of carbonyl (C=O) groups is 1. The minimum atomic E-state index is -0.357. The lowest BCUT2D eigenvalue weighted by atomic mass is 9.93. The predicted molar refractivity (Wildman–Crippen MR) is 67.9 cm³/mol. The largest absolute Gasteiger partial charge is 0.381 e. The van der Waals surface area contributed by atoms with Crippen LogP contribution in [0, 0.1) is 0 Å². The van der Waals surface area contributed by atoms with Gasteiger partial charge >= 0.3 is 6.03 Å². The van der Waals surface area contributed by atoms with Crippen LogP contribution < -0.4 is 16.1 Å². The van der Waals surface area contributed by atoms with Crippen LogP contribution in [0.2, 0.25) is 0 Å². The summed E-state index contributed by atoms with van der Waals surface area (Å²) in [5, 5.41) is 4.95. The Bertz CT molecular complexity index is 478. The van der Waals surface area contributed by atoms with Gasteiger partial charge in [-0.05, 0) is 18.8 Å². The van der Waals surface area contributed by atoms with Gasteiger partial charge in [0.25, 0.3) is 0 Å². The molecule has 2 heterocycles. The molecular formula is C12H17N3O3. The fourth-order valence-electron chi connectivity index (χ4n) is 2.07. The van der Waals surface area contributed by atoms with Crippen LogP contribution in [-0.4, -0.2) is 31.3 Å². The monoisotopic (exact) mass is 251 g/mol. The maximum Gasteiger partial charge on any atom is 0.320 e. The summed E-state index contributed by atoms with van der Waals surface area (Å²) in [4.78, 5) is 26.0. The number of hydrogen-bond donors (Lipinski definition) is 3. The summed E-state index contributed by atoms with van der Waals surface area (Å²) >= 11 is 0. The second-order valence-electron chi connectivity index (χ2n) is 4.26. The second-order valence-corrected chi connectivity index (χ2v) is 4.26. The van der Waals surface area contributed by atoms with Gasteiger partial charge in [0.05, 0.1) is 0 Å². The van der Waals surface area contributed by atoms with Crippen molar-refractivity contribution in [3.05, 3.63) is 28.0 Å². The molecule has 6 nitrogen and oxygen atoms in total. The summed E-state index contributed by atoms with van der Waals surface area (Å²) in [5.41, 5.74) is 0.716. The molecule has 1 aromatic heterocycles. The van der Waals surface area contributed by atoms with Crippen molar-refractivity contribution in [1.82, 2.24) is 10.3 Å². The number of aromatic nitrogens is 1. The van der Waals surface area contributed by atoms with Gasteiger partial charge in [0.1, 0.15) is 5.82 Å². The molecule has 1 aromatic rings. The zero-order chi connectivity index (χ0) is 13.0. The predicted octanol–water partition coefficient (Wildman–Crippen LogP) is 1.02. The Kier molecular flexibility index (Phi) is 3.99. The average Bonchev–Trinajstić information content (AvgIpc) is 2.40. The number of amides is 2. The van der Waals surface area contributed by atoms with Crippen LogP contribution in [-0.2, 0) is 4.74 Å².